The predicted molar refractivity (Wildman–Crippen MR) is 431 cm³/mol. The van der Waals surface area contributed by atoms with Crippen LogP contribution in [0, 0.1) is 0 Å². The molecule has 5 aliphatic rings. The van der Waals surface area contributed by atoms with Crippen molar-refractivity contribution in [1.29, 1.82) is 0 Å². The van der Waals surface area contributed by atoms with Gasteiger partial charge in [0, 0.05) is 79.0 Å². The molecule has 0 bridgehead atoms. The fourth-order valence-corrected chi connectivity index (χ4v) is 15.5. The molecule has 5 saturated heterocycles. The average molecular weight is 1560 g/mol. The number of likely N-dealkylation sites (tertiary alicyclic amines) is 4. The van der Waals surface area contributed by atoms with Crippen molar-refractivity contribution in [3.8, 4) is 56.2 Å². The van der Waals surface area contributed by atoms with Crippen molar-refractivity contribution < 1.29 is 47.4 Å². The lowest BCUT2D eigenvalue weighted by Gasteiger charge is -2.32. The normalized spacial score (nSPS) is 19.3. The van der Waals surface area contributed by atoms with E-state index in [1.807, 2.05) is 139 Å². The Labute approximate surface area is 653 Å². The molecular formula is C84H106BBrN14O10. The Morgan fingerprint density at radius 2 is 0.718 bits per heavy atom. The second-order valence-corrected chi connectivity index (χ2v) is 35.3. The molecule has 582 valence electrons. The molecule has 11 heterocycles. The standard InChI is InChI=1S/C39H47N7O4.C24H34BN3O4.C21H25BrN4O2/c1-38(2,3)49-36(47)45-19-8-10-31(45)34-40-22-29(42-34)25-14-12-24(13-15-25)26-16-17-28(33-27(26)18-21-44(33)7)30-23-41-35(43-30)32-11-9-20-46(32)37(48)50-39(4,5)6;1-22(2,3)30-21(29)28-14-8-9-19(28)20-26-15-18(27-20)16-10-12-17(13-11-16)25-31-23(4,5)24(6,7)32-25;1-21(2,3)28-20(27)26-10-5-6-17(26)19-23-12-16(24-19)14-7-8-15(22)13-9-11-25(4)18(13)14/h12-18,21-23,31-32H,8-11,19-20H2,1-7H3,(H,40,42)(H,41,43);10-13,15,19H,8-9,14H2,1-7H3,(H,26,27);7-9,11-12,17H,5-6,10H2,1-4H3,(H,23,24)/t31-,32-;19-;17-/m000/s1. The van der Waals surface area contributed by atoms with Crippen LogP contribution in [0.5, 0.6) is 0 Å². The number of aromatic nitrogens is 10. The fraction of sp³-hybridized carbons (Fsp3) is 0.476. The smallest absolute Gasteiger partial charge is 0.444 e. The van der Waals surface area contributed by atoms with E-state index in [0.29, 0.717) is 26.2 Å². The molecule has 15 rings (SSSR count). The monoisotopic (exact) mass is 1560 g/mol. The number of rotatable bonds is 10. The van der Waals surface area contributed by atoms with Crippen LogP contribution in [0.2, 0.25) is 0 Å². The van der Waals surface area contributed by atoms with E-state index in [4.69, 9.17) is 33.2 Å². The first kappa shape index (κ1) is 78.5. The summed E-state index contributed by atoms with van der Waals surface area (Å²) >= 11 is 3.63. The number of carbonyl (C=O) groups excluding carboxylic acids is 4. The summed E-state index contributed by atoms with van der Waals surface area (Å²) in [5.74, 6) is 3.15. The molecule has 24 nitrogen and oxygen atoms in total. The zero-order valence-electron chi connectivity index (χ0n) is 66.9. The lowest BCUT2D eigenvalue weighted by molar-refractivity contribution is 0.00578. The summed E-state index contributed by atoms with van der Waals surface area (Å²) in [7, 11) is 3.71. The van der Waals surface area contributed by atoms with Gasteiger partial charge in [-0.05, 0) is 214 Å². The number of hydrogen-bond donors (Lipinski definition) is 4. The largest absolute Gasteiger partial charge is 0.494 e. The highest BCUT2D eigenvalue weighted by Crippen LogP contribution is 2.43. The van der Waals surface area contributed by atoms with E-state index in [2.05, 4.69) is 168 Å². The summed E-state index contributed by atoms with van der Waals surface area (Å²) in [6.45, 7) is 33.5. The van der Waals surface area contributed by atoms with E-state index >= 15 is 0 Å². The van der Waals surface area contributed by atoms with Crippen molar-refractivity contribution in [3.05, 3.63) is 150 Å². The van der Waals surface area contributed by atoms with Crippen molar-refractivity contribution in [2.75, 3.05) is 26.2 Å². The van der Waals surface area contributed by atoms with Crippen LogP contribution in [0.4, 0.5) is 19.2 Å². The number of hydrogen-bond acceptors (Lipinski definition) is 14. The Morgan fingerprint density at radius 3 is 1.08 bits per heavy atom. The number of nitrogens with zero attached hydrogens (tertiary/aromatic N) is 10. The lowest BCUT2D eigenvalue weighted by atomic mass is 9.79. The van der Waals surface area contributed by atoms with Gasteiger partial charge in [0.1, 0.15) is 45.7 Å². The Bertz CT molecular complexity index is 4970. The molecular weight excluding hydrogens is 1460 g/mol. The SMILES string of the molecule is CC(C)(C)OC(=O)N1CCC[C@H]1c1ncc(-c2ccc(B3OC(C)(C)C(C)(C)O3)cc2)[nH]1.Cn1ccc2c(-c3ccc(-c4cnc([C@@H]5CCCN5C(=O)OC(C)(C)C)[nH]4)cc3)ccc(-c3cnc([C@@H]4CCCN4C(=O)OC(C)(C)C)[nH]3)c21.Cn1ccc2c(Br)ccc(-c3cnc([C@@H]4CCCN4C(=O)OC(C)(C)C)[nH]3)c21. The van der Waals surface area contributed by atoms with Gasteiger partial charge in [-0.3, -0.25) is 19.6 Å². The molecule has 4 N–H and O–H groups in total. The maximum atomic E-state index is 12.9. The van der Waals surface area contributed by atoms with Crippen LogP contribution in [-0.4, -0.2) is 160 Å². The molecule has 26 heteroatoms. The number of fused-ring (bicyclic) bond motifs is 2. The Balaban J connectivity index is 0.000000153. The molecule has 110 heavy (non-hydrogen) atoms. The molecule has 0 saturated carbocycles. The zero-order chi connectivity index (χ0) is 78.7. The summed E-state index contributed by atoms with van der Waals surface area (Å²) in [6.07, 6.45) is 17.5. The van der Waals surface area contributed by atoms with Crippen molar-refractivity contribution >= 4 is 74.7 Å². The van der Waals surface area contributed by atoms with Crippen LogP contribution in [0.15, 0.2) is 127 Å². The van der Waals surface area contributed by atoms with Crippen LogP contribution >= 0.6 is 15.9 Å². The number of imidazole rings is 4. The number of carbonyl (C=O) groups is 4. The molecule has 0 radical (unpaired) electrons. The highest BCUT2D eigenvalue weighted by Gasteiger charge is 2.52. The van der Waals surface area contributed by atoms with Gasteiger partial charge in [-0.25, -0.2) is 39.1 Å². The minimum Gasteiger partial charge on any atom is -0.444 e. The van der Waals surface area contributed by atoms with Crippen molar-refractivity contribution in [3.63, 3.8) is 0 Å². The third-order valence-corrected chi connectivity index (χ3v) is 21.7. The Kier molecular flexibility index (Phi) is 21.8. The molecule has 5 aliphatic heterocycles. The maximum Gasteiger partial charge on any atom is 0.494 e. The predicted octanol–water partition coefficient (Wildman–Crippen LogP) is 18.6. The van der Waals surface area contributed by atoms with E-state index in [1.165, 1.54) is 0 Å². The topological polar surface area (TPSA) is 261 Å². The fourth-order valence-electron chi connectivity index (χ4n) is 15.1. The van der Waals surface area contributed by atoms with E-state index < -0.39 is 22.4 Å². The molecule has 10 aromatic rings. The molecule has 4 amide bonds. The minimum atomic E-state index is -0.552. The summed E-state index contributed by atoms with van der Waals surface area (Å²) in [5.41, 5.74) is 10.5. The van der Waals surface area contributed by atoms with Gasteiger partial charge in [-0.15, -0.1) is 0 Å². The summed E-state index contributed by atoms with van der Waals surface area (Å²) in [6, 6.07) is 28.9. The summed E-state index contributed by atoms with van der Waals surface area (Å²) < 4.78 is 40.1. The third-order valence-electron chi connectivity index (χ3n) is 21.0. The van der Waals surface area contributed by atoms with Crippen LogP contribution in [0.3, 0.4) is 0 Å². The second-order valence-electron chi connectivity index (χ2n) is 34.5. The van der Waals surface area contributed by atoms with Gasteiger partial charge in [0.25, 0.3) is 0 Å². The van der Waals surface area contributed by atoms with Crippen molar-refractivity contribution in [2.45, 2.75) is 220 Å². The zero-order valence-corrected chi connectivity index (χ0v) is 68.4. The molecule has 0 spiro atoms. The maximum absolute atomic E-state index is 12.9. The van der Waals surface area contributed by atoms with Gasteiger partial charge < -0.3 is 57.3 Å². The van der Waals surface area contributed by atoms with E-state index in [1.54, 1.807) is 19.6 Å². The van der Waals surface area contributed by atoms with Gasteiger partial charge in [-0.1, -0.05) is 76.6 Å². The first-order chi connectivity index (χ1) is 51.9. The van der Waals surface area contributed by atoms with Crippen LogP contribution < -0.4 is 5.46 Å². The molecule has 0 aliphatic carbocycles. The number of halogens is 1. The first-order valence-corrected chi connectivity index (χ1v) is 39.2. The number of benzene rings is 4. The minimum absolute atomic E-state index is 0.0806. The van der Waals surface area contributed by atoms with Gasteiger partial charge >= 0.3 is 31.5 Å². The van der Waals surface area contributed by atoms with E-state index in [0.717, 1.165) is 163 Å². The molecule has 4 atom stereocenters. The molecule has 4 aromatic carbocycles. The molecule has 5 fully saturated rings. The number of nitrogens with one attached hydrogen (secondary N) is 4. The van der Waals surface area contributed by atoms with Gasteiger partial charge in [0.2, 0.25) is 0 Å². The Hall–Kier alpha value is -9.66. The molecule has 0 unspecified atom stereocenters. The number of aromatic amines is 4. The van der Waals surface area contributed by atoms with Gasteiger partial charge in [0.05, 0.1) is 94.0 Å². The first-order valence-electron chi connectivity index (χ1n) is 38.4. The van der Waals surface area contributed by atoms with Crippen LogP contribution in [0.1, 0.15) is 210 Å². The molecule has 6 aromatic heterocycles. The highest BCUT2D eigenvalue weighted by molar-refractivity contribution is 9.10. The number of H-pyrrole nitrogens is 4. The highest BCUT2D eigenvalue weighted by atomic mass is 79.9. The quantitative estimate of drug-likeness (QED) is 0.0733. The lowest BCUT2D eigenvalue weighted by Crippen LogP contribution is -2.41. The summed E-state index contributed by atoms with van der Waals surface area (Å²) in [5, 5.41) is 2.30. The van der Waals surface area contributed by atoms with Gasteiger partial charge in [-0.2, -0.15) is 0 Å². The van der Waals surface area contributed by atoms with Crippen molar-refractivity contribution in [1.82, 2.24) is 68.6 Å². The van der Waals surface area contributed by atoms with Crippen LogP contribution in [-0.2, 0) is 42.4 Å². The van der Waals surface area contributed by atoms with E-state index in [9.17, 15) is 19.2 Å². The Morgan fingerprint density at radius 1 is 0.418 bits per heavy atom. The second kappa shape index (κ2) is 30.6. The number of amides is 4. The van der Waals surface area contributed by atoms with Crippen molar-refractivity contribution in [2.24, 2.45) is 14.1 Å². The van der Waals surface area contributed by atoms with Crippen LogP contribution in [0.25, 0.3) is 78.0 Å². The average Bonchev–Trinajstić information content (AvgIpc) is 1.58. The van der Waals surface area contributed by atoms with Gasteiger partial charge in [0.15, 0.2) is 0 Å². The number of aryl methyl sites for hydroxylation is 2. The van der Waals surface area contributed by atoms with E-state index in [-0.39, 0.29) is 66.9 Å². The third kappa shape index (κ3) is 17.1. The summed E-state index contributed by atoms with van der Waals surface area (Å²) in [4.78, 5) is 90.7. The number of ether oxygens (including phenoxy) is 4.